The van der Waals surface area contributed by atoms with E-state index >= 15 is 0 Å². The van der Waals surface area contributed by atoms with Crippen LogP contribution in [-0.2, 0) is 6.54 Å². The number of nitrogens with zero attached hydrogens (tertiary/aromatic N) is 1. The van der Waals surface area contributed by atoms with Gasteiger partial charge in [0.1, 0.15) is 0 Å². The van der Waals surface area contributed by atoms with Crippen molar-refractivity contribution in [2.24, 2.45) is 0 Å². The topological polar surface area (TPSA) is 24.9 Å². The van der Waals surface area contributed by atoms with Gasteiger partial charge in [0.05, 0.1) is 5.52 Å². The largest absolute Gasteiger partial charge is 0.306 e. The van der Waals surface area contributed by atoms with Gasteiger partial charge in [0.2, 0.25) is 0 Å². The van der Waals surface area contributed by atoms with Crippen molar-refractivity contribution in [3.63, 3.8) is 0 Å². The summed E-state index contributed by atoms with van der Waals surface area (Å²) in [5.41, 5.74) is 3.63. The van der Waals surface area contributed by atoms with Gasteiger partial charge < -0.3 is 5.32 Å². The molecule has 2 heterocycles. The molecule has 1 N–H and O–H groups in total. The Balaban J connectivity index is 1.83. The van der Waals surface area contributed by atoms with Crippen LogP contribution in [0.3, 0.4) is 0 Å². The van der Waals surface area contributed by atoms with Gasteiger partial charge in [-0.25, -0.2) is 0 Å². The molecule has 0 bridgehead atoms. The van der Waals surface area contributed by atoms with Crippen LogP contribution in [0.15, 0.2) is 51.8 Å². The third-order valence-electron chi connectivity index (χ3n) is 3.44. The van der Waals surface area contributed by atoms with Gasteiger partial charge in [-0.2, -0.15) is 11.3 Å². The Bertz CT molecular complexity index is 710. The number of pyridine rings is 1. The number of hydrogen-bond acceptors (Lipinski definition) is 3. The molecule has 0 aliphatic heterocycles. The maximum atomic E-state index is 4.51. The molecule has 1 aromatic carbocycles. The zero-order chi connectivity index (χ0) is 13.9. The molecule has 0 aliphatic rings. The van der Waals surface area contributed by atoms with E-state index in [1.807, 2.05) is 12.3 Å². The summed E-state index contributed by atoms with van der Waals surface area (Å²) in [7, 11) is 0. The lowest BCUT2D eigenvalue weighted by Crippen LogP contribution is -2.17. The Labute approximate surface area is 131 Å². The van der Waals surface area contributed by atoms with Crippen molar-refractivity contribution in [1.29, 1.82) is 0 Å². The standard InChI is InChI=1S/C16H15BrN2S/c1-11(13-6-8-20-10-13)19-9-12-4-5-15(17)14-3-2-7-18-16(12)14/h2-8,10-11,19H,9H2,1H3. The number of nitrogens with one attached hydrogen (secondary N) is 1. The predicted octanol–water partition coefficient (Wildman–Crippen LogP) is 4.91. The van der Waals surface area contributed by atoms with Crippen LogP contribution >= 0.6 is 27.3 Å². The van der Waals surface area contributed by atoms with Crippen LogP contribution in [0.5, 0.6) is 0 Å². The summed E-state index contributed by atoms with van der Waals surface area (Å²) in [6.07, 6.45) is 1.85. The number of rotatable bonds is 4. The second-order valence-electron chi connectivity index (χ2n) is 4.77. The molecule has 0 radical (unpaired) electrons. The summed E-state index contributed by atoms with van der Waals surface area (Å²) in [5.74, 6) is 0. The van der Waals surface area contributed by atoms with E-state index in [2.05, 4.69) is 68.2 Å². The number of halogens is 1. The first-order valence-corrected chi connectivity index (χ1v) is 8.27. The first-order valence-electron chi connectivity index (χ1n) is 6.53. The summed E-state index contributed by atoms with van der Waals surface area (Å²) in [4.78, 5) is 4.51. The molecule has 0 spiro atoms. The molecule has 2 nitrogen and oxygen atoms in total. The van der Waals surface area contributed by atoms with E-state index in [9.17, 15) is 0 Å². The lowest BCUT2D eigenvalue weighted by Gasteiger charge is -2.14. The number of fused-ring (bicyclic) bond motifs is 1. The number of benzene rings is 1. The van der Waals surface area contributed by atoms with E-state index in [-0.39, 0.29) is 0 Å². The molecule has 0 fully saturated rings. The molecule has 4 heteroatoms. The molecule has 2 aromatic heterocycles. The van der Waals surface area contributed by atoms with Crippen LogP contribution in [-0.4, -0.2) is 4.98 Å². The van der Waals surface area contributed by atoms with Crippen LogP contribution in [0.2, 0.25) is 0 Å². The zero-order valence-corrected chi connectivity index (χ0v) is 13.5. The molecule has 0 saturated carbocycles. The highest BCUT2D eigenvalue weighted by Gasteiger charge is 2.08. The summed E-state index contributed by atoms with van der Waals surface area (Å²) >= 11 is 5.32. The van der Waals surface area contributed by atoms with E-state index in [1.54, 1.807) is 11.3 Å². The normalized spacial score (nSPS) is 12.7. The number of thiophene rings is 1. The van der Waals surface area contributed by atoms with Gasteiger partial charge in [-0.3, -0.25) is 4.98 Å². The van der Waals surface area contributed by atoms with Gasteiger partial charge in [-0.05, 0) is 47.0 Å². The summed E-state index contributed by atoms with van der Waals surface area (Å²) < 4.78 is 1.09. The zero-order valence-electron chi connectivity index (χ0n) is 11.1. The van der Waals surface area contributed by atoms with Gasteiger partial charge in [-0.1, -0.05) is 28.1 Å². The third kappa shape index (κ3) is 2.77. The van der Waals surface area contributed by atoms with Crippen LogP contribution in [0.1, 0.15) is 24.1 Å². The highest BCUT2D eigenvalue weighted by Crippen LogP contribution is 2.25. The van der Waals surface area contributed by atoms with Crippen LogP contribution < -0.4 is 5.32 Å². The summed E-state index contributed by atoms with van der Waals surface area (Å²) in [6, 6.07) is 10.8. The molecular weight excluding hydrogens is 332 g/mol. The molecule has 0 amide bonds. The monoisotopic (exact) mass is 346 g/mol. The van der Waals surface area contributed by atoms with Gasteiger partial charge in [0.25, 0.3) is 0 Å². The van der Waals surface area contributed by atoms with Gasteiger partial charge in [-0.15, -0.1) is 0 Å². The van der Waals surface area contributed by atoms with Crippen LogP contribution in [0, 0.1) is 0 Å². The Morgan fingerprint density at radius 1 is 1.30 bits per heavy atom. The first kappa shape index (κ1) is 13.7. The first-order chi connectivity index (χ1) is 9.75. The molecule has 0 saturated heterocycles. The number of aromatic nitrogens is 1. The second kappa shape index (κ2) is 6.04. The maximum absolute atomic E-state index is 4.51. The SMILES string of the molecule is CC(NCc1ccc(Br)c2cccnc12)c1ccsc1. The van der Waals surface area contributed by atoms with E-state index in [0.717, 1.165) is 21.9 Å². The van der Waals surface area contributed by atoms with Gasteiger partial charge >= 0.3 is 0 Å². The quantitative estimate of drug-likeness (QED) is 0.725. The predicted molar refractivity (Wildman–Crippen MR) is 89.0 cm³/mol. The van der Waals surface area contributed by atoms with Gasteiger partial charge in [0.15, 0.2) is 0 Å². The molecule has 102 valence electrons. The lowest BCUT2D eigenvalue weighted by molar-refractivity contribution is 0.577. The average Bonchev–Trinajstić information content (AvgIpc) is 3.01. The minimum absolute atomic E-state index is 0.351. The molecular formula is C16H15BrN2S. The molecule has 3 aromatic rings. The Kier molecular flexibility index (Phi) is 4.15. The Morgan fingerprint density at radius 3 is 3.00 bits per heavy atom. The van der Waals surface area contributed by atoms with Crippen molar-refractivity contribution in [3.8, 4) is 0 Å². The Hall–Kier alpha value is -1.23. The number of hydrogen-bond donors (Lipinski definition) is 1. The van der Waals surface area contributed by atoms with E-state index in [0.29, 0.717) is 6.04 Å². The maximum Gasteiger partial charge on any atom is 0.0758 e. The second-order valence-corrected chi connectivity index (χ2v) is 6.40. The van der Waals surface area contributed by atoms with Crippen LogP contribution in [0.4, 0.5) is 0 Å². The summed E-state index contributed by atoms with van der Waals surface area (Å²) in [6.45, 7) is 3.01. The minimum atomic E-state index is 0.351. The molecule has 0 aliphatic carbocycles. The molecule has 3 rings (SSSR count). The van der Waals surface area contributed by atoms with Crippen molar-refractivity contribution >= 4 is 38.2 Å². The third-order valence-corrected chi connectivity index (χ3v) is 4.83. The lowest BCUT2D eigenvalue weighted by atomic mass is 10.1. The highest BCUT2D eigenvalue weighted by molar-refractivity contribution is 9.10. The van der Waals surface area contributed by atoms with E-state index in [1.165, 1.54) is 11.1 Å². The smallest absolute Gasteiger partial charge is 0.0758 e. The summed E-state index contributed by atoms with van der Waals surface area (Å²) in [5, 5.41) is 9.03. The van der Waals surface area contributed by atoms with Gasteiger partial charge in [0, 0.05) is 28.6 Å². The molecule has 20 heavy (non-hydrogen) atoms. The molecule has 1 unspecified atom stereocenters. The fourth-order valence-corrected chi connectivity index (χ4v) is 3.45. The average molecular weight is 347 g/mol. The molecule has 1 atom stereocenters. The Morgan fingerprint density at radius 2 is 2.20 bits per heavy atom. The fraction of sp³-hybridized carbons (Fsp3) is 0.188. The van der Waals surface area contributed by atoms with Crippen molar-refractivity contribution in [1.82, 2.24) is 10.3 Å². The van der Waals surface area contributed by atoms with Crippen molar-refractivity contribution < 1.29 is 0 Å². The van der Waals surface area contributed by atoms with Crippen LogP contribution in [0.25, 0.3) is 10.9 Å². The van der Waals surface area contributed by atoms with Crippen molar-refractivity contribution in [2.45, 2.75) is 19.5 Å². The van der Waals surface area contributed by atoms with E-state index < -0.39 is 0 Å². The van der Waals surface area contributed by atoms with E-state index in [4.69, 9.17) is 0 Å². The minimum Gasteiger partial charge on any atom is -0.306 e. The van der Waals surface area contributed by atoms with Crippen molar-refractivity contribution in [3.05, 3.63) is 62.9 Å². The fourth-order valence-electron chi connectivity index (χ4n) is 2.24. The van der Waals surface area contributed by atoms with Crippen molar-refractivity contribution in [2.75, 3.05) is 0 Å². The highest BCUT2D eigenvalue weighted by atomic mass is 79.9.